The summed E-state index contributed by atoms with van der Waals surface area (Å²) in [6, 6.07) is 3.74. The van der Waals surface area contributed by atoms with Gasteiger partial charge in [-0.3, -0.25) is 0 Å². The van der Waals surface area contributed by atoms with Gasteiger partial charge in [-0.1, -0.05) is 6.07 Å². The summed E-state index contributed by atoms with van der Waals surface area (Å²) in [7, 11) is -3.24. The Bertz CT molecular complexity index is 416. The van der Waals surface area contributed by atoms with E-state index in [0.29, 0.717) is 4.21 Å². The van der Waals surface area contributed by atoms with Crippen LogP contribution in [0.25, 0.3) is 0 Å². The third-order valence-corrected chi connectivity index (χ3v) is 5.94. The first-order valence-corrected chi connectivity index (χ1v) is 7.42. The van der Waals surface area contributed by atoms with Gasteiger partial charge in [-0.25, -0.2) is 8.42 Å². The van der Waals surface area contributed by atoms with Crippen molar-refractivity contribution in [3.05, 3.63) is 17.5 Å². The maximum atomic E-state index is 12.3. The first kappa shape index (κ1) is 11.1. The molecule has 0 bridgehead atoms. The Balaban J connectivity index is 2.34. The van der Waals surface area contributed by atoms with Crippen LogP contribution < -0.4 is 0 Å². The van der Waals surface area contributed by atoms with E-state index in [0.717, 1.165) is 12.8 Å². The highest BCUT2D eigenvalue weighted by atomic mass is 32.2. The van der Waals surface area contributed by atoms with Gasteiger partial charge in [0.05, 0.1) is 0 Å². The first-order valence-electron chi connectivity index (χ1n) is 5.10. The Morgan fingerprint density at radius 3 is 2.53 bits per heavy atom. The van der Waals surface area contributed by atoms with E-state index in [1.54, 1.807) is 21.8 Å². The third-order valence-electron chi connectivity index (χ3n) is 2.44. The molecular formula is C10H15NO2S2. The van der Waals surface area contributed by atoms with Crippen molar-refractivity contribution in [2.75, 3.05) is 0 Å². The Hall–Kier alpha value is -0.390. The SMILES string of the molecule is CC(C)N(C1CC1)S(=O)(=O)c1cccs1. The van der Waals surface area contributed by atoms with Gasteiger partial charge < -0.3 is 0 Å². The number of hydrogen-bond acceptors (Lipinski definition) is 3. The van der Waals surface area contributed by atoms with Crippen molar-refractivity contribution < 1.29 is 8.42 Å². The normalized spacial score (nSPS) is 17.6. The summed E-state index contributed by atoms with van der Waals surface area (Å²) in [6.07, 6.45) is 2.01. The van der Waals surface area contributed by atoms with Gasteiger partial charge in [-0.15, -0.1) is 11.3 Å². The van der Waals surface area contributed by atoms with Crippen LogP contribution in [-0.2, 0) is 10.0 Å². The zero-order valence-corrected chi connectivity index (χ0v) is 10.5. The molecule has 0 atom stereocenters. The molecule has 0 N–H and O–H groups in total. The Morgan fingerprint density at radius 2 is 2.13 bits per heavy atom. The van der Waals surface area contributed by atoms with Gasteiger partial charge in [0.1, 0.15) is 4.21 Å². The molecule has 5 heteroatoms. The van der Waals surface area contributed by atoms with E-state index in [1.165, 1.54) is 11.3 Å². The van der Waals surface area contributed by atoms with Gasteiger partial charge in [0.2, 0.25) is 0 Å². The molecule has 1 aromatic heterocycles. The predicted molar refractivity (Wildman–Crippen MR) is 61.5 cm³/mol. The smallest absolute Gasteiger partial charge is 0.206 e. The molecule has 1 aromatic rings. The Labute approximate surface area is 94.8 Å². The van der Waals surface area contributed by atoms with Crippen LogP contribution in [0.15, 0.2) is 21.7 Å². The van der Waals surface area contributed by atoms with Crippen molar-refractivity contribution >= 4 is 21.4 Å². The zero-order chi connectivity index (χ0) is 11.1. The van der Waals surface area contributed by atoms with Crippen LogP contribution in [0.5, 0.6) is 0 Å². The van der Waals surface area contributed by atoms with Crippen molar-refractivity contribution in [2.45, 2.75) is 43.0 Å². The van der Waals surface area contributed by atoms with Crippen LogP contribution in [0.4, 0.5) is 0 Å². The summed E-state index contributed by atoms with van der Waals surface area (Å²) in [5.74, 6) is 0. The van der Waals surface area contributed by atoms with E-state index in [1.807, 2.05) is 13.8 Å². The van der Waals surface area contributed by atoms with E-state index in [2.05, 4.69) is 0 Å². The van der Waals surface area contributed by atoms with Gasteiger partial charge in [0, 0.05) is 12.1 Å². The second kappa shape index (κ2) is 3.88. The van der Waals surface area contributed by atoms with Gasteiger partial charge in [0.15, 0.2) is 0 Å². The van der Waals surface area contributed by atoms with Crippen molar-refractivity contribution in [1.82, 2.24) is 4.31 Å². The van der Waals surface area contributed by atoms with Crippen LogP contribution in [0.1, 0.15) is 26.7 Å². The molecule has 1 saturated carbocycles. The Morgan fingerprint density at radius 1 is 1.47 bits per heavy atom. The lowest BCUT2D eigenvalue weighted by Crippen LogP contribution is -2.38. The maximum Gasteiger partial charge on any atom is 0.253 e. The largest absolute Gasteiger partial charge is 0.253 e. The number of sulfonamides is 1. The lowest BCUT2D eigenvalue weighted by atomic mass is 10.4. The molecule has 84 valence electrons. The highest BCUT2D eigenvalue weighted by Gasteiger charge is 2.39. The molecular weight excluding hydrogens is 230 g/mol. The van der Waals surface area contributed by atoms with Crippen LogP contribution in [0, 0.1) is 0 Å². The molecule has 2 rings (SSSR count). The van der Waals surface area contributed by atoms with Crippen LogP contribution in [0.3, 0.4) is 0 Å². The molecule has 1 aliphatic carbocycles. The fourth-order valence-electron chi connectivity index (χ4n) is 1.74. The monoisotopic (exact) mass is 245 g/mol. The molecule has 15 heavy (non-hydrogen) atoms. The highest BCUT2D eigenvalue weighted by Crippen LogP contribution is 2.34. The second-order valence-corrected chi connectivity index (χ2v) is 7.11. The fraction of sp³-hybridized carbons (Fsp3) is 0.600. The summed E-state index contributed by atoms with van der Waals surface area (Å²) in [5.41, 5.74) is 0. The topological polar surface area (TPSA) is 37.4 Å². The summed E-state index contributed by atoms with van der Waals surface area (Å²) >= 11 is 1.29. The van der Waals surface area contributed by atoms with Gasteiger partial charge >= 0.3 is 0 Å². The standard InChI is InChI=1S/C10H15NO2S2/c1-8(2)11(9-5-6-9)15(12,13)10-4-3-7-14-10/h3-4,7-9H,5-6H2,1-2H3. The average molecular weight is 245 g/mol. The van der Waals surface area contributed by atoms with Gasteiger partial charge in [0.25, 0.3) is 10.0 Å². The third kappa shape index (κ3) is 2.09. The summed E-state index contributed by atoms with van der Waals surface area (Å²) in [5, 5.41) is 1.80. The molecule has 1 heterocycles. The average Bonchev–Trinajstić information content (AvgIpc) is 2.80. The molecule has 1 aliphatic rings. The van der Waals surface area contributed by atoms with Crippen molar-refractivity contribution in [3.63, 3.8) is 0 Å². The summed E-state index contributed by atoms with van der Waals surface area (Å²) in [4.78, 5) is 0. The number of nitrogens with zero attached hydrogens (tertiary/aromatic N) is 1. The number of hydrogen-bond donors (Lipinski definition) is 0. The van der Waals surface area contributed by atoms with E-state index < -0.39 is 10.0 Å². The Kier molecular flexibility index (Phi) is 2.87. The number of thiophene rings is 1. The lowest BCUT2D eigenvalue weighted by Gasteiger charge is -2.24. The van der Waals surface area contributed by atoms with Gasteiger partial charge in [-0.2, -0.15) is 4.31 Å². The van der Waals surface area contributed by atoms with Crippen molar-refractivity contribution in [3.8, 4) is 0 Å². The van der Waals surface area contributed by atoms with E-state index >= 15 is 0 Å². The van der Waals surface area contributed by atoms with Crippen molar-refractivity contribution in [2.24, 2.45) is 0 Å². The lowest BCUT2D eigenvalue weighted by molar-refractivity contribution is 0.347. The minimum Gasteiger partial charge on any atom is -0.206 e. The fourth-order valence-corrected chi connectivity index (χ4v) is 4.71. The van der Waals surface area contributed by atoms with Crippen LogP contribution in [-0.4, -0.2) is 24.8 Å². The quantitative estimate of drug-likeness (QED) is 0.816. The van der Waals surface area contributed by atoms with E-state index in [4.69, 9.17) is 0 Å². The molecule has 0 saturated heterocycles. The van der Waals surface area contributed by atoms with Crippen LogP contribution >= 0.6 is 11.3 Å². The first-order chi connectivity index (χ1) is 7.03. The summed E-state index contributed by atoms with van der Waals surface area (Å²) < 4.78 is 26.6. The van der Waals surface area contributed by atoms with Crippen molar-refractivity contribution in [1.29, 1.82) is 0 Å². The maximum absolute atomic E-state index is 12.3. The van der Waals surface area contributed by atoms with Crippen LogP contribution in [0.2, 0.25) is 0 Å². The predicted octanol–water partition coefficient (Wildman–Crippen LogP) is 2.31. The van der Waals surface area contributed by atoms with Gasteiger partial charge in [-0.05, 0) is 38.1 Å². The molecule has 0 aliphatic heterocycles. The highest BCUT2D eigenvalue weighted by molar-refractivity contribution is 7.91. The summed E-state index contributed by atoms with van der Waals surface area (Å²) in [6.45, 7) is 3.87. The molecule has 0 radical (unpaired) electrons. The molecule has 0 aromatic carbocycles. The molecule has 0 spiro atoms. The molecule has 0 amide bonds. The van der Waals surface area contributed by atoms with E-state index in [9.17, 15) is 8.42 Å². The van der Waals surface area contributed by atoms with E-state index in [-0.39, 0.29) is 12.1 Å². The minimum absolute atomic E-state index is 0.0459. The molecule has 1 fully saturated rings. The minimum atomic E-state index is -3.24. The second-order valence-electron chi connectivity index (χ2n) is 4.09. The molecule has 0 unspecified atom stereocenters. The number of rotatable bonds is 4. The zero-order valence-electron chi connectivity index (χ0n) is 8.88. The molecule has 3 nitrogen and oxygen atoms in total.